The van der Waals surface area contributed by atoms with E-state index in [1.165, 1.54) is 18.2 Å². The van der Waals surface area contributed by atoms with Gasteiger partial charge in [-0.2, -0.15) is 0 Å². The zero-order valence-electron chi connectivity index (χ0n) is 15.3. The minimum Gasteiger partial charge on any atom is -0.504 e. The molecule has 0 amide bonds. The summed E-state index contributed by atoms with van der Waals surface area (Å²) in [6.07, 6.45) is 3.01. The van der Waals surface area contributed by atoms with E-state index >= 15 is 0 Å². The van der Waals surface area contributed by atoms with Crippen molar-refractivity contribution in [2.45, 2.75) is 6.42 Å². The van der Waals surface area contributed by atoms with Gasteiger partial charge in [0.05, 0.1) is 5.57 Å². The van der Waals surface area contributed by atoms with Crippen LogP contribution in [0, 0.1) is 0 Å². The fraction of sp³-hybridized carbons (Fsp3) is 0.143. The summed E-state index contributed by atoms with van der Waals surface area (Å²) < 4.78 is 0. The molecule has 150 valence electrons. The average Bonchev–Trinajstić information content (AvgIpc) is 2.70. The number of allylic oxidation sites excluding steroid dienone is 1. The second-order valence-corrected chi connectivity index (χ2v) is 6.83. The number of aromatic hydroxyl groups is 2. The molecule has 5 N–H and O–H groups in total. The highest BCUT2D eigenvalue weighted by Crippen LogP contribution is 2.35. The first-order chi connectivity index (χ1) is 13.9. The molecule has 29 heavy (non-hydrogen) atoms. The topological polar surface area (TPSA) is 119 Å². The summed E-state index contributed by atoms with van der Waals surface area (Å²) in [5.74, 6) is -1.92. The van der Waals surface area contributed by atoms with Crippen molar-refractivity contribution in [3.8, 4) is 11.5 Å². The summed E-state index contributed by atoms with van der Waals surface area (Å²) in [6, 6.07) is 8.81. The van der Waals surface area contributed by atoms with Crippen molar-refractivity contribution in [1.29, 1.82) is 0 Å². The number of rotatable bonds is 5. The van der Waals surface area contributed by atoms with Crippen molar-refractivity contribution in [3.63, 3.8) is 0 Å². The molecule has 0 saturated carbocycles. The lowest BCUT2D eigenvalue weighted by Gasteiger charge is -2.24. The van der Waals surface area contributed by atoms with Crippen LogP contribution in [-0.2, 0) is 4.79 Å². The van der Waals surface area contributed by atoms with Crippen LogP contribution in [0.2, 0.25) is 5.02 Å². The van der Waals surface area contributed by atoms with Crippen LogP contribution >= 0.6 is 11.6 Å². The van der Waals surface area contributed by atoms with Crippen molar-refractivity contribution in [1.82, 2.24) is 10.6 Å². The molecule has 8 heteroatoms. The number of nitrogens with one attached hydrogen (secondary N) is 2. The number of aliphatic carboxylic acids is 1. The SMILES string of the molecule is O=C(O)/C=C/c1cc(O)c(O)cc1C(C(=O)c1ccc(Cl)cc1)=C1NCCCN1. The fourth-order valence-corrected chi connectivity index (χ4v) is 3.10. The van der Waals surface area contributed by atoms with E-state index in [2.05, 4.69) is 10.6 Å². The Hall–Kier alpha value is -3.45. The van der Waals surface area contributed by atoms with Crippen LogP contribution in [0.5, 0.6) is 11.5 Å². The maximum Gasteiger partial charge on any atom is 0.328 e. The number of carboxylic acid groups (broad SMARTS) is 1. The Balaban J connectivity index is 2.22. The number of halogens is 1. The Kier molecular flexibility index (Phi) is 6.09. The van der Waals surface area contributed by atoms with Crippen LogP contribution in [0.1, 0.15) is 27.9 Å². The van der Waals surface area contributed by atoms with E-state index in [1.807, 2.05) is 0 Å². The van der Waals surface area contributed by atoms with Gasteiger partial charge in [0.1, 0.15) is 5.82 Å². The third kappa shape index (κ3) is 4.70. The van der Waals surface area contributed by atoms with E-state index < -0.39 is 17.5 Å². The highest BCUT2D eigenvalue weighted by Gasteiger charge is 2.24. The molecule has 2 aromatic rings. The second-order valence-electron chi connectivity index (χ2n) is 6.39. The van der Waals surface area contributed by atoms with Crippen molar-refractivity contribution in [2.75, 3.05) is 13.1 Å². The van der Waals surface area contributed by atoms with Crippen LogP contribution in [0.3, 0.4) is 0 Å². The van der Waals surface area contributed by atoms with Gasteiger partial charge in [-0.25, -0.2) is 4.79 Å². The lowest BCUT2D eigenvalue weighted by Crippen LogP contribution is -2.37. The minimum atomic E-state index is -1.18. The minimum absolute atomic E-state index is 0.215. The third-order valence-corrected chi connectivity index (χ3v) is 4.61. The van der Waals surface area contributed by atoms with Gasteiger partial charge in [0.25, 0.3) is 0 Å². The predicted molar refractivity (Wildman–Crippen MR) is 110 cm³/mol. The van der Waals surface area contributed by atoms with Gasteiger partial charge >= 0.3 is 5.97 Å². The van der Waals surface area contributed by atoms with E-state index in [9.17, 15) is 19.8 Å². The van der Waals surface area contributed by atoms with Gasteiger partial charge in [-0.15, -0.1) is 0 Å². The van der Waals surface area contributed by atoms with Gasteiger partial charge in [0.15, 0.2) is 17.3 Å². The Morgan fingerprint density at radius 2 is 1.62 bits per heavy atom. The molecular weight excluding hydrogens is 396 g/mol. The zero-order valence-corrected chi connectivity index (χ0v) is 16.0. The van der Waals surface area contributed by atoms with E-state index in [0.29, 0.717) is 29.5 Å². The highest BCUT2D eigenvalue weighted by molar-refractivity contribution is 6.32. The van der Waals surface area contributed by atoms with Crippen molar-refractivity contribution in [2.24, 2.45) is 0 Å². The maximum absolute atomic E-state index is 13.4. The number of carbonyl (C=O) groups excluding carboxylic acids is 1. The molecule has 1 aliphatic heterocycles. The summed E-state index contributed by atoms with van der Waals surface area (Å²) in [6.45, 7) is 1.29. The molecule has 0 radical (unpaired) electrons. The smallest absolute Gasteiger partial charge is 0.328 e. The Morgan fingerprint density at radius 3 is 2.24 bits per heavy atom. The van der Waals surface area contributed by atoms with Gasteiger partial charge in [0.2, 0.25) is 0 Å². The Labute approximate surface area is 171 Å². The molecule has 7 nitrogen and oxygen atoms in total. The number of carbonyl (C=O) groups is 2. The molecule has 1 saturated heterocycles. The van der Waals surface area contributed by atoms with Crippen LogP contribution in [0.4, 0.5) is 0 Å². The van der Waals surface area contributed by atoms with E-state index in [-0.39, 0.29) is 22.5 Å². The summed E-state index contributed by atoms with van der Waals surface area (Å²) in [4.78, 5) is 24.4. The maximum atomic E-state index is 13.4. The molecule has 0 spiro atoms. The zero-order chi connectivity index (χ0) is 21.0. The fourth-order valence-electron chi connectivity index (χ4n) is 2.98. The second kappa shape index (κ2) is 8.70. The summed E-state index contributed by atoms with van der Waals surface area (Å²) in [5.41, 5.74) is 1.12. The molecule has 0 unspecified atom stereocenters. The lowest BCUT2D eigenvalue weighted by atomic mass is 9.91. The average molecular weight is 415 g/mol. The van der Waals surface area contributed by atoms with Crippen LogP contribution in [0.15, 0.2) is 48.3 Å². The molecular formula is C21H19ClN2O5. The van der Waals surface area contributed by atoms with Gasteiger partial charge in [-0.3, -0.25) is 4.79 Å². The molecule has 1 aliphatic rings. The first kappa shape index (κ1) is 20.3. The first-order valence-electron chi connectivity index (χ1n) is 8.86. The molecule has 2 aromatic carbocycles. The van der Waals surface area contributed by atoms with Crippen molar-refractivity contribution >= 4 is 35.0 Å². The number of benzene rings is 2. The number of carboxylic acids is 1. The Bertz CT molecular complexity index is 1000. The van der Waals surface area contributed by atoms with Gasteiger partial charge in [0, 0.05) is 35.3 Å². The van der Waals surface area contributed by atoms with E-state index in [1.54, 1.807) is 24.3 Å². The van der Waals surface area contributed by atoms with Gasteiger partial charge in [-0.1, -0.05) is 11.6 Å². The normalized spacial score (nSPS) is 13.6. The number of ketones is 1. The third-order valence-electron chi connectivity index (χ3n) is 4.36. The predicted octanol–water partition coefficient (Wildman–Crippen LogP) is 2.98. The molecule has 0 atom stereocenters. The van der Waals surface area contributed by atoms with E-state index in [0.717, 1.165) is 12.5 Å². The summed E-state index contributed by atoms with van der Waals surface area (Å²) in [5, 5.41) is 35.7. The summed E-state index contributed by atoms with van der Waals surface area (Å²) >= 11 is 5.92. The number of phenols is 2. The van der Waals surface area contributed by atoms with Gasteiger partial charge < -0.3 is 26.0 Å². The van der Waals surface area contributed by atoms with Crippen molar-refractivity contribution < 1.29 is 24.9 Å². The van der Waals surface area contributed by atoms with Crippen LogP contribution < -0.4 is 10.6 Å². The van der Waals surface area contributed by atoms with Gasteiger partial charge in [-0.05, 0) is 54.5 Å². The number of hydrogen-bond donors (Lipinski definition) is 5. The molecule has 0 bridgehead atoms. The molecule has 1 fully saturated rings. The summed E-state index contributed by atoms with van der Waals surface area (Å²) in [7, 11) is 0. The molecule has 0 aliphatic carbocycles. The molecule has 0 aromatic heterocycles. The lowest BCUT2D eigenvalue weighted by molar-refractivity contribution is -0.131. The standard InChI is InChI=1S/C21H19ClN2O5/c22-14-5-2-12(3-6-14)20(29)19(21-23-8-1-9-24-21)15-11-17(26)16(25)10-13(15)4-7-18(27)28/h2-7,10-11,23-26H,1,8-9H2,(H,27,28)/b7-4+. The monoisotopic (exact) mass is 414 g/mol. The van der Waals surface area contributed by atoms with Crippen LogP contribution in [0.25, 0.3) is 11.6 Å². The number of Topliss-reactive ketones (excluding diaryl/α,β-unsaturated/α-hetero) is 1. The largest absolute Gasteiger partial charge is 0.504 e. The quantitative estimate of drug-likeness (QED) is 0.290. The molecule has 3 rings (SSSR count). The van der Waals surface area contributed by atoms with E-state index in [4.69, 9.17) is 16.7 Å². The van der Waals surface area contributed by atoms with Crippen molar-refractivity contribution in [3.05, 3.63) is 70.0 Å². The number of phenolic OH excluding ortho intramolecular Hbond substituents is 2. The highest BCUT2D eigenvalue weighted by atomic mass is 35.5. The number of hydrogen-bond acceptors (Lipinski definition) is 6. The van der Waals surface area contributed by atoms with Crippen LogP contribution in [-0.4, -0.2) is 40.2 Å². The Morgan fingerprint density at radius 1 is 1.00 bits per heavy atom. The first-order valence-corrected chi connectivity index (χ1v) is 9.24. The molecule has 1 heterocycles.